The summed E-state index contributed by atoms with van der Waals surface area (Å²) in [5.41, 5.74) is 7.02. The minimum absolute atomic E-state index is 0.0893. The van der Waals surface area contributed by atoms with Crippen LogP contribution in [0.5, 0.6) is 0 Å². The van der Waals surface area contributed by atoms with Gasteiger partial charge in [0, 0.05) is 22.1 Å². The Labute approximate surface area is 122 Å². The number of hydrogen-bond acceptors (Lipinski definition) is 6. The first-order valence-corrected chi connectivity index (χ1v) is 7.98. The molecular formula is C13H20N4S2. The van der Waals surface area contributed by atoms with Crippen molar-refractivity contribution < 1.29 is 0 Å². The Balaban J connectivity index is 2.16. The highest BCUT2D eigenvalue weighted by Gasteiger charge is 2.20. The van der Waals surface area contributed by atoms with E-state index in [1.807, 2.05) is 12.4 Å². The highest BCUT2D eigenvalue weighted by atomic mass is 32.1. The molecule has 0 fully saturated rings. The van der Waals surface area contributed by atoms with Gasteiger partial charge in [0.1, 0.15) is 0 Å². The lowest BCUT2D eigenvalue weighted by atomic mass is 9.93. The molecule has 6 heteroatoms. The summed E-state index contributed by atoms with van der Waals surface area (Å²) in [4.78, 5) is 10.2. The van der Waals surface area contributed by atoms with Gasteiger partial charge in [0.2, 0.25) is 0 Å². The first kappa shape index (κ1) is 14.6. The predicted molar refractivity (Wildman–Crippen MR) is 81.4 cm³/mol. The van der Waals surface area contributed by atoms with Crippen molar-refractivity contribution in [2.75, 3.05) is 0 Å². The van der Waals surface area contributed by atoms with Gasteiger partial charge in [-0.3, -0.25) is 11.3 Å². The molecule has 0 bridgehead atoms. The zero-order valence-electron chi connectivity index (χ0n) is 11.7. The lowest BCUT2D eigenvalue weighted by molar-refractivity contribution is 0.544. The van der Waals surface area contributed by atoms with Crippen LogP contribution in [0.15, 0.2) is 10.9 Å². The van der Waals surface area contributed by atoms with Crippen LogP contribution in [0.3, 0.4) is 0 Å². The van der Waals surface area contributed by atoms with Crippen LogP contribution >= 0.6 is 22.7 Å². The van der Waals surface area contributed by atoms with Gasteiger partial charge in [0.05, 0.1) is 27.9 Å². The van der Waals surface area contributed by atoms with E-state index in [1.165, 1.54) is 4.88 Å². The number of hydrazine groups is 1. The Hall–Kier alpha value is -0.820. The second-order valence-electron chi connectivity index (χ2n) is 5.60. The second-order valence-corrected chi connectivity index (χ2v) is 7.43. The van der Waals surface area contributed by atoms with Crippen molar-refractivity contribution in [1.82, 2.24) is 15.4 Å². The molecule has 0 amide bonds. The third-order valence-electron chi connectivity index (χ3n) is 3.00. The molecule has 0 aliphatic heterocycles. The van der Waals surface area contributed by atoms with Gasteiger partial charge in [-0.1, -0.05) is 20.8 Å². The Kier molecular flexibility index (Phi) is 4.35. The monoisotopic (exact) mass is 296 g/mol. The van der Waals surface area contributed by atoms with Gasteiger partial charge in [-0.05, 0) is 6.92 Å². The van der Waals surface area contributed by atoms with Crippen LogP contribution < -0.4 is 11.3 Å². The summed E-state index contributed by atoms with van der Waals surface area (Å²) >= 11 is 3.34. The number of hydrogen-bond donors (Lipinski definition) is 2. The summed E-state index contributed by atoms with van der Waals surface area (Å²) in [6, 6.07) is 0.0893. The molecule has 3 N–H and O–H groups in total. The van der Waals surface area contributed by atoms with Crippen LogP contribution in [0.4, 0.5) is 0 Å². The molecule has 0 radical (unpaired) electrons. The van der Waals surface area contributed by atoms with Crippen LogP contribution in [-0.2, 0) is 11.8 Å². The molecule has 2 aromatic rings. The Morgan fingerprint density at radius 2 is 2.11 bits per heavy atom. The average molecular weight is 296 g/mol. The molecule has 0 spiro atoms. The standard InChI is InChI=1S/C13H20N4S2/c1-8-12(19-7-15-8)9(17-14)5-11-16-10(6-18-11)13(2,3)4/h6-7,9,17H,5,14H2,1-4H3. The van der Waals surface area contributed by atoms with E-state index in [0.29, 0.717) is 0 Å². The van der Waals surface area contributed by atoms with Crippen LogP contribution in [0.1, 0.15) is 48.1 Å². The molecule has 1 atom stereocenters. The summed E-state index contributed by atoms with van der Waals surface area (Å²) in [6.07, 6.45) is 0.806. The number of nitrogens with two attached hydrogens (primary N) is 1. The molecule has 0 aliphatic rings. The Morgan fingerprint density at radius 3 is 2.58 bits per heavy atom. The minimum Gasteiger partial charge on any atom is -0.271 e. The molecule has 2 rings (SSSR count). The lowest BCUT2D eigenvalue weighted by Crippen LogP contribution is -2.29. The van der Waals surface area contributed by atoms with Crippen LogP contribution in [0.2, 0.25) is 0 Å². The SMILES string of the molecule is Cc1ncsc1C(Cc1nc(C(C)(C)C)cs1)NN. The average Bonchev–Trinajstić information content (AvgIpc) is 2.94. The van der Waals surface area contributed by atoms with Crippen LogP contribution in [0, 0.1) is 6.92 Å². The maximum absolute atomic E-state index is 5.68. The van der Waals surface area contributed by atoms with E-state index in [0.717, 1.165) is 22.8 Å². The molecule has 0 aromatic carbocycles. The zero-order valence-corrected chi connectivity index (χ0v) is 13.4. The third-order valence-corrected chi connectivity index (χ3v) is 4.92. The quantitative estimate of drug-likeness (QED) is 0.672. The van der Waals surface area contributed by atoms with E-state index in [4.69, 9.17) is 10.8 Å². The fourth-order valence-corrected chi connectivity index (χ4v) is 3.73. The van der Waals surface area contributed by atoms with Crippen molar-refractivity contribution in [3.8, 4) is 0 Å². The molecule has 1 unspecified atom stereocenters. The molecule has 19 heavy (non-hydrogen) atoms. The van der Waals surface area contributed by atoms with Crippen molar-refractivity contribution >= 4 is 22.7 Å². The second kappa shape index (κ2) is 5.66. The van der Waals surface area contributed by atoms with E-state index in [-0.39, 0.29) is 11.5 Å². The first-order chi connectivity index (χ1) is 8.91. The Bertz CT molecular complexity index is 539. The molecule has 0 aliphatic carbocycles. The maximum Gasteiger partial charge on any atom is 0.0948 e. The van der Waals surface area contributed by atoms with Gasteiger partial charge in [0.15, 0.2) is 0 Å². The maximum atomic E-state index is 5.68. The van der Waals surface area contributed by atoms with Gasteiger partial charge in [-0.15, -0.1) is 22.7 Å². The molecule has 2 aromatic heterocycles. The van der Waals surface area contributed by atoms with Crippen LogP contribution in [0.25, 0.3) is 0 Å². The van der Waals surface area contributed by atoms with Crippen molar-refractivity contribution in [3.05, 3.63) is 32.2 Å². The van der Waals surface area contributed by atoms with Crippen LogP contribution in [-0.4, -0.2) is 9.97 Å². The zero-order chi connectivity index (χ0) is 14.0. The fourth-order valence-electron chi connectivity index (χ4n) is 1.80. The molecule has 0 saturated carbocycles. The number of thiazole rings is 2. The lowest BCUT2D eigenvalue weighted by Gasteiger charge is -2.15. The molecule has 0 saturated heterocycles. The summed E-state index contributed by atoms with van der Waals surface area (Å²) in [6.45, 7) is 8.55. The minimum atomic E-state index is 0.0893. The van der Waals surface area contributed by atoms with Gasteiger partial charge in [0.25, 0.3) is 0 Å². The third kappa shape index (κ3) is 3.39. The molecule has 4 nitrogen and oxygen atoms in total. The van der Waals surface area contributed by atoms with E-state index in [2.05, 4.69) is 36.6 Å². The van der Waals surface area contributed by atoms with Crippen molar-refractivity contribution in [2.45, 2.75) is 45.6 Å². The summed E-state index contributed by atoms with van der Waals surface area (Å²) in [5.74, 6) is 5.68. The predicted octanol–water partition coefficient (Wildman–Crippen LogP) is 2.95. The van der Waals surface area contributed by atoms with E-state index in [9.17, 15) is 0 Å². The van der Waals surface area contributed by atoms with E-state index in [1.54, 1.807) is 22.7 Å². The van der Waals surface area contributed by atoms with Crippen molar-refractivity contribution in [2.24, 2.45) is 5.84 Å². The molecule has 2 heterocycles. The van der Waals surface area contributed by atoms with Crippen molar-refractivity contribution in [1.29, 1.82) is 0 Å². The number of aryl methyl sites for hydroxylation is 1. The fraction of sp³-hybridized carbons (Fsp3) is 0.538. The summed E-state index contributed by atoms with van der Waals surface area (Å²) in [5, 5.41) is 3.25. The molecular weight excluding hydrogens is 276 g/mol. The number of nitrogens with zero attached hydrogens (tertiary/aromatic N) is 2. The first-order valence-electron chi connectivity index (χ1n) is 6.23. The summed E-state index contributed by atoms with van der Waals surface area (Å²) in [7, 11) is 0. The van der Waals surface area contributed by atoms with E-state index < -0.39 is 0 Å². The van der Waals surface area contributed by atoms with Gasteiger partial charge in [-0.25, -0.2) is 9.97 Å². The van der Waals surface area contributed by atoms with Gasteiger partial charge >= 0.3 is 0 Å². The van der Waals surface area contributed by atoms with E-state index >= 15 is 0 Å². The molecule has 104 valence electrons. The number of rotatable bonds is 4. The summed E-state index contributed by atoms with van der Waals surface area (Å²) < 4.78 is 0. The number of aromatic nitrogens is 2. The topological polar surface area (TPSA) is 63.8 Å². The smallest absolute Gasteiger partial charge is 0.0948 e. The van der Waals surface area contributed by atoms with Gasteiger partial charge < -0.3 is 0 Å². The largest absolute Gasteiger partial charge is 0.271 e. The normalized spacial score (nSPS) is 13.7. The van der Waals surface area contributed by atoms with Crippen molar-refractivity contribution in [3.63, 3.8) is 0 Å². The van der Waals surface area contributed by atoms with Gasteiger partial charge in [-0.2, -0.15) is 0 Å². The Morgan fingerprint density at radius 1 is 1.37 bits per heavy atom. The number of nitrogens with one attached hydrogen (secondary N) is 1. The highest BCUT2D eigenvalue weighted by Crippen LogP contribution is 2.28. The highest BCUT2D eigenvalue weighted by molar-refractivity contribution is 7.10.